The maximum absolute atomic E-state index is 13.2. The lowest BCUT2D eigenvalue weighted by molar-refractivity contribution is 0.0698. The van der Waals surface area contributed by atoms with E-state index in [1.54, 1.807) is 0 Å². The Labute approximate surface area is 197 Å². The van der Waals surface area contributed by atoms with E-state index in [2.05, 4.69) is 14.9 Å². The molecule has 0 bridgehead atoms. The first kappa shape index (κ1) is 21.8. The number of amides is 2. The van der Waals surface area contributed by atoms with Crippen LogP contribution in [0.25, 0.3) is 16.7 Å². The fraction of sp³-hybridized carbons (Fsp3) is 0.222. The minimum absolute atomic E-state index is 0.0201. The van der Waals surface area contributed by atoms with E-state index in [0.29, 0.717) is 37.1 Å². The molecule has 0 atom stereocenters. The number of piperidine rings is 1. The summed E-state index contributed by atoms with van der Waals surface area (Å²) >= 11 is 0. The van der Waals surface area contributed by atoms with Gasteiger partial charge in [-0.1, -0.05) is 18.2 Å². The van der Waals surface area contributed by atoms with E-state index >= 15 is 0 Å². The van der Waals surface area contributed by atoms with Crippen molar-refractivity contribution >= 4 is 22.8 Å². The van der Waals surface area contributed by atoms with E-state index in [0.717, 1.165) is 22.5 Å². The number of para-hydroxylation sites is 1. The predicted molar refractivity (Wildman–Crippen MR) is 129 cm³/mol. The molecule has 1 saturated heterocycles. The molecular weight excluding hydrogens is 431 g/mol. The molecule has 5 rings (SSSR count). The number of halogens is 1. The molecule has 0 unspecified atom stereocenters. The molecule has 172 valence electrons. The Morgan fingerprint density at radius 2 is 1.62 bits per heavy atom. The second-order valence-corrected chi connectivity index (χ2v) is 8.58. The van der Waals surface area contributed by atoms with Gasteiger partial charge in [-0.3, -0.25) is 14.2 Å². The quantitative estimate of drug-likeness (QED) is 0.491. The summed E-state index contributed by atoms with van der Waals surface area (Å²) in [7, 11) is 0. The molecule has 2 heterocycles. The van der Waals surface area contributed by atoms with Crippen molar-refractivity contribution in [2.24, 2.45) is 0 Å². The molecule has 1 aliphatic rings. The number of hydrogen-bond acceptors (Lipinski definition) is 3. The maximum atomic E-state index is 13.2. The zero-order valence-corrected chi connectivity index (χ0v) is 18.9. The van der Waals surface area contributed by atoms with Gasteiger partial charge >= 0.3 is 0 Å². The highest BCUT2D eigenvalue weighted by atomic mass is 19.1. The maximum Gasteiger partial charge on any atom is 0.253 e. The van der Waals surface area contributed by atoms with E-state index in [1.165, 1.54) is 24.3 Å². The van der Waals surface area contributed by atoms with Gasteiger partial charge in [0.1, 0.15) is 11.6 Å². The smallest absolute Gasteiger partial charge is 0.253 e. The lowest BCUT2D eigenvalue weighted by atomic mass is 10.0. The number of benzene rings is 3. The lowest BCUT2D eigenvalue weighted by Gasteiger charge is -2.32. The predicted octanol–water partition coefficient (Wildman–Crippen LogP) is 4.51. The summed E-state index contributed by atoms with van der Waals surface area (Å²) in [5.41, 5.74) is 3.82. The molecule has 0 radical (unpaired) electrons. The number of carbonyl (C=O) groups excluding carboxylic acids is 2. The van der Waals surface area contributed by atoms with Crippen molar-refractivity contribution < 1.29 is 14.0 Å². The van der Waals surface area contributed by atoms with Crippen molar-refractivity contribution in [3.63, 3.8) is 0 Å². The van der Waals surface area contributed by atoms with Crippen LogP contribution < -0.4 is 5.32 Å². The summed E-state index contributed by atoms with van der Waals surface area (Å²) in [5.74, 6) is 0.240. The minimum Gasteiger partial charge on any atom is -0.349 e. The van der Waals surface area contributed by atoms with Gasteiger partial charge in [-0.15, -0.1) is 0 Å². The number of hydrogen-bond donors (Lipinski definition) is 1. The second-order valence-electron chi connectivity index (χ2n) is 8.58. The van der Waals surface area contributed by atoms with Gasteiger partial charge in [0.15, 0.2) is 0 Å². The van der Waals surface area contributed by atoms with Crippen LogP contribution in [0.1, 0.15) is 39.4 Å². The highest BCUT2D eigenvalue weighted by molar-refractivity contribution is 5.98. The van der Waals surface area contributed by atoms with Crippen LogP contribution in [0.2, 0.25) is 0 Å². The number of aryl methyl sites for hydroxylation is 1. The largest absolute Gasteiger partial charge is 0.349 e. The van der Waals surface area contributed by atoms with E-state index < -0.39 is 0 Å². The van der Waals surface area contributed by atoms with Crippen LogP contribution in [0.4, 0.5) is 4.39 Å². The highest BCUT2D eigenvalue weighted by Crippen LogP contribution is 2.23. The molecule has 2 amide bonds. The Kier molecular flexibility index (Phi) is 5.84. The normalized spacial score (nSPS) is 14.4. The van der Waals surface area contributed by atoms with Crippen LogP contribution >= 0.6 is 0 Å². The number of imidazole rings is 1. The third-order valence-electron chi connectivity index (χ3n) is 6.31. The first-order valence-corrected chi connectivity index (χ1v) is 11.4. The van der Waals surface area contributed by atoms with Gasteiger partial charge in [0.05, 0.1) is 11.0 Å². The number of nitrogens with one attached hydrogen (secondary N) is 1. The Balaban J connectivity index is 1.25. The van der Waals surface area contributed by atoms with Gasteiger partial charge in [0.25, 0.3) is 11.8 Å². The van der Waals surface area contributed by atoms with Crippen molar-refractivity contribution in [3.8, 4) is 5.69 Å². The first-order valence-electron chi connectivity index (χ1n) is 11.4. The molecule has 1 fully saturated rings. The van der Waals surface area contributed by atoms with Crippen molar-refractivity contribution in [1.82, 2.24) is 19.8 Å². The fourth-order valence-electron chi connectivity index (χ4n) is 4.52. The zero-order chi connectivity index (χ0) is 23.7. The van der Waals surface area contributed by atoms with Gasteiger partial charge in [0, 0.05) is 35.9 Å². The number of carbonyl (C=O) groups is 2. The Morgan fingerprint density at radius 3 is 2.32 bits per heavy atom. The van der Waals surface area contributed by atoms with Gasteiger partial charge < -0.3 is 10.2 Å². The van der Waals surface area contributed by atoms with Gasteiger partial charge in [-0.2, -0.15) is 0 Å². The third kappa shape index (κ3) is 4.29. The van der Waals surface area contributed by atoms with Crippen LogP contribution in [0.3, 0.4) is 0 Å². The zero-order valence-electron chi connectivity index (χ0n) is 18.9. The van der Waals surface area contributed by atoms with E-state index in [4.69, 9.17) is 0 Å². The van der Waals surface area contributed by atoms with E-state index in [9.17, 15) is 14.0 Å². The van der Waals surface area contributed by atoms with Crippen molar-refractivity contribution in [2.45, 2.75) is 25.8 Å². The topological polar surface area (TPSA) is 67.2 Å². The van der Waals surface area contributed by atoms with Crippen LogP contribution in [0.15, 0.2) is 72.8 Å². The Bertz CT molecular complexity index is 1340. The van der Waals surface area contributed by atoms with Crippen LogP contribution in [-0.2, 0) is 0 Å². The van der Waals surface area contributed by atoms with Gasteiger partial charge in [-0.25, -0.2) is 9.37 Å². The molecule has 1 aliphatic heterocycles. The summed E-state index contributed by atoms with van der Waals surface area (Å²) < 4.78 is 15.2. The molecular formula is C27H25FN4O2. The standard InChI is InChI=1S/C27H25FN4O2/c1-18-29-24-17-20(9-12-25(24)32(18)23-5-3-2-4-6-23)27(34)31-15-13-22(14-16-31)30-26(33)19-7-10-21(28)11-8-19/h2-12,17,22H,13-16H2,1H3,(H,30,33). The molecule has 3 aromatic carbocycles. The molecule has 34 heavy (non-hydrogen) atoms. The third-order valence-corrected chi connectivity index (χ3v) is 6.31. The highest BCUT2D eigenvalue weighted by Gasteiger charge is 2.25. The summed E-state index contributed by atoms with van der Waals surface area (Å²) in [6.07, 6.45) is 1.34. The van der Waals surface area contributed by atoms with E-state index in [1.807, 2.05) is 60.4 Å². The number of fused-ring (bicyclic) bond motifs is 1. The van der Waals surface area contributed by atoms with Crippen LogP contribution in [-0.4, -0.2) is 45.4 Å². The SMILES string of the molecule is Cc1nc2cc(C(=O)N3CCC(NC(=O)c4ccc(F)cc4)CC3)ccc2n1-c1ccccc1. The Hall–Kier alpha value is -4.00. The monoisotopic (exact) mass is 456 g/mol. The fourth-order valence-corrected chi connectivity index (χ4v) is 4.52. The number of rotatable bonds is 4. The molecule has 7 heteroatoms. The molecule has 1 N–H and O–H groups in total. The molecule has 4 aromatic rings. The minimum atomic E-state index is -0.372. The first-order chi connectivity index (χ1) is 16.5. The number of likely N-dealkylation sites (tertiary alicyclic amines) is 1. The molecule has 1 aromatic heterocycles. The summed E-state index contributed by atoms with van der Waals surface area (Å²) in [5, 5.41) is 2.99. The number of aromatic nitrogens is 2. The summed E-state index contributed by atoms with van der Waals surface area (Å²) in [6.45, 7) is 3.07. The van der Waals surface area contributed by atoms with Crippen LogP contribution in [0, 0.1) is 12.7 Å². The van der Waals surface area contributed by atoms with Gasteiger partial charge in [-0.05, 0) is 74.4 Å². The van der Waals surface area contributed by atoms with Crippen molar-refractivity contribution in [2.75, 3.05) is 13.1 Å². The lowest BCUT2D eigenvalue weighted by Crippen LogP contribution is -2.46. The molecule has 0 aliphatic carbocycles. The second kappa shape index (κ2) is 9.09. The average Bonchev–Trinajstić information content (AvgIpc) is 3.19. The Morgan fingerprint density at radius 1 is 0.941 bits per heavy atom. The summed E-state index contributed by atoms with van der Waals surface area (Å²) in [4.78, 5) is 32.1. The average molecular weight is 457 g/mol. The van der Waals surface area contributed by atoms with E-state index in [-0.39, 0.29) is 23.7 Å². The van der Waals surface area contributed by atoms with Crippen molar-refractivity contribution in [1.29, 1.82) is 0 Å². The van der Waals surface area contributed by atoms with Crippen LogP contribution in [0.5, 0.6) is 0 Å². The molecule has 0 spiro atoms. The molecule has 0 saturated carbocycles. The van der Waals surface area contributed by atoms with Gasteiger partial charge in [0.2, 0.25) is 0 Å². The molecule has 6 nitrogen and oxygen atoms in total. The number of nitrogens with zero attached hydrogens (tertiary/aromatic N) is 3. The summed E-state index contributed by atoms with van der Waals surface area (Å²) in [6, 6.07) is 21.2. The van der Waals surface area contributed by atoms with Crippen molar-refractivity contribution in [3.05, 3.63) is 95.6 Å².